The van der Waals surface area contributed by atoms with Crippen molar-refractivity contribution >= 4 is 79.2 Å². The van der Waals surface area contributed by atoms with Gasteiger partial charge in [-0.25, -0.2) is 0 Å². The molecule has 0 saturated carbocycles. The summed E-state index contributed by atoms with van der Waals surface area (Å²) in [6.45, 7) is 33.2. The summed E-state index contributed by atoms with van der Waals surface area (Å²) in [7, 11) is 0. The fourth-order valence-electron chi connectivity index (χ4n) is 11.7. The maximum absolute atomic E-state index is 6.94. The van der Waals surface area contributed by atoms with E-state index in [0.717, 1.165) is 35.1 Å². The van der Waals surface area contributed by atoms with Gasteiger partial charge < -0.3 is 14.2 Å². The lowest BCUT2D eigenvalue weighted by molar-refractivity contribution is 0.332. The molecule has 338 valence electrons. The van der Waals surface area contributed by atoms with E-state index in [9.17, 15) is 0 Å². The number of aryl methyl sites for hydroxylation is 1. The van der Waals surface area contributed by atoms with Crippen LogP contribution in [0.5, 0.6) is 0 Å². The Balaban J connectivity index is 1.34. The van der Waals surface area contributed by atoms with Gasteiger partial charge in [0.15, 0.2) is 0 Å². The van der Waals surface area contributed by atoms with Crippen LogP contribution in [0.25, 0.3) is 33.1 Å². The molecule has 4 heteroatoms. The summed E-state index contributed by atoms with van der Waals surface area (Å²) in [5.74, 6) is 0. The molecule has 1 aliphatic carbocycles. The molecule has 3 aliphatic rings. The highest BCUT2D eigenvalue weighted by Crippen LogP contribution is 2.54. The first-order chi connectivity index (χ1) is 31.5. The van der Waals surface area contributed by atoms with E-state index in [1.54, 1.807) is 0 Å². The zero-order valence-electron chi connectivity index (χ0n) is 42.4. The molecule has 0 unspecified atom stereocenters. The molecular formula is C63H67BN2O. The van der Waals surface area contributed by atoms with Gasteiger partial charge in [0.05, 0.1) is 16.8 Å². The van der Waals surface area contributed by atoms with E-state index in [2.05, 4.69) is 234 Å². The molecule has 0 radical (unpaired) electrons. The minimum Gasteiger partial charge on any atom is -0.456 e. The lowest BCUT2D eigenvalue weighted by Gasteiger charge is -2.48. The Morgan fingerprint density at radius 1 is 0.493 bits per heavy atom. The van der Waals surface area contributed by atoms with Gasteiger partial charge in [-0.15, -0.1) is 0 Å². The third-order valence-corrected chi connectivity index (χ3v) is 15.9. The van der Waals surface area contributed by atoms with Gasteiger partial charge in [-0.1, -0.05) is 169 Å². The molecule has 0 fully saturated rings. The summed E-state index contributed by atoms with van der Waals surface area (Å²) < 4.78 is 6.94. The number of hydrogen-bond donors (Lipinski definition) is 0. The molecule has 7 aromatic carbocycles. The van der Waals surface area contributed by atoms with Crippen molar-refractivity contribution in [1.29, 1.82) is 0 Å². The lowest BCUT2D eigenvalue weighted by Crippen LogP contribution is -2.62. The van der Waals surface area contributed by atoms with E-state index in [1.165, 1.54) is 94.7 Å². The van der Waals surface area contributed by atoms with E-state index in [1.807, 2.05) is 0 Å². The molecule has 0 spiro atoms. The van der Waals surface area contributed by atoms with Crippen LogP contribution in [0.3, 0.4) is 0 Å². The maximum atomic E-state index is 6.94. The van der Waals surface area contributed by atoms with Crippen LogP contribution in [0.1, 0.15) is 136 Å². The van der Waals surface area contributed by atoms with Crippen LogP contribution in [0.4, 0.5) is 34.1 Å². The Morgan fingerprint density at radius 3 is 1.73 bits per heavy atom. The largest absolute Gasteiger partial charge is 0.456 e. The molecule has 3 nitrogen and oxygen atoms in total. The van der Waals surface area contributed by atoms with Crippen molar-refractivity contribution < 1.29 is 4.42 Å². The van der Waals surface area contributed by atoms with Crippen molar-refractivity contribution in [3.8, 4) is 11.1 Å². The minimum absolute atomic E-state index is 0.0282. The molecule has 0 saturated heterocycles. The first-order valence-electron chi connectivity index (χ1n) is 24.8. The summed E-state index contributed by atoms with van der Waals surface area (Å²) in [4.78, 5) is 5.32. The molecule has 8 aromatic rings. The Kier molecular flexibility index (Phi) is 9.43. The van der Waals surface area contributed by atoms with Crippen molar-refractivity contribution in [2.45, 2.75) is 137 Å². The molecule has 3 heterocycles. The number of fused-ring (bicyclic) bond motifs is 9. The molecule has 1 aromatic heterocycles. The second kappa shape index (κ2) is 14.5. The highest BCUT2D eigenvalue weighted by atomic mass is 16.3. The van der Waals surface area contributed by atoms with Gasteiger partial charge in [-0.3, -0.25) is 0 Å². The Labute approximate surface area is 400 Å². The highest BCUT2D eigenvalue weighted by Gasteiger charge is 2.48. The van der Waals surface area contributed by atoms with Crippen LogP contribution in [0.15, 0.2) is 132 Å². The highest BCUT2D eigenvalue weighted by molar-refractivity contribution is 7.00. The van der Waals surface area contributed by atoms with Crippen molar-refractivity contribution in [2.24, 2.45) is 0 Å². The molecule has 0 bridgehead atoms. The molecule has 2 aliphatic heterocycles. The van der Waals surface area contributed by atoms with Gasteiger partial charge in [0.25, 0.3) is 6.71 Å². The average molecular weight is 879 g/mol. The first-order valence-corrected chi connectivity index (χ1v) is 24.8. The normalized spacial score (nSPS) is 16.2. The number of anilines is 6. The second-order valence-corrected chi connectivity index (χ2v) is 24.6. The standard InChI is InChI=1S/C63H67BN2O/c1-38-32-40(59(2,3)4)24-27-49(38)65-51-37-46-45(62(11,12)30-31-63(46,13)14)36-48(51)64-47-26-29-55-56(44-33-41(60(5,6)7)25-28-54(44)67-55)58(47)66(53-35-42(61(8,9)10)34-52(65)57(53)64)50-23-19-18-22-43(50)39-20-16-15-17-21-39/h15-29,32-37H,30-31H2,1-14H3. The van der Waals surface area contributed by atoms with Gasteiger partial charge in [0.1, 0.15) is 11.2 Å². The molecule has 11 rings (SSSR count). The van der Waals surface area contributed by atoms with Gasteiger partial charge in [0, 0.05) is 33.7 Å². The topological polar surface area (TPSA) is 19.6 Å². The molecular weight excluding hydrogens is 812 g/mol. The monoisotopic (exact) mass is 879 g/mol. The number of furan rings is 1. The van der Waals surface area contributed by atoms with E-state index < -0.39 is 0 Å². The predicted octanol–water partition coefficient (Wildman–Crippen LogP) is 15.9. The molecule has 0 amide bonds. The fraction of sp³-hybridized carbons (Fsp3) is 0.333. The molecule has 67 heavy (non-hydrogen) atoms. The van der Waals surface area contributed by atoms with Crippen LogP contribution >= 0.6 is 0 Å². The van der Waals surface area contributed by atoms with E-state index >= 15 is 0 Å². The van der Waals surface area contributed by atoms with E-state index in [-0.39, 0.29) is 33.8 Å². The summed E-state index contributed by atoms with van der Waals surface area (Å²) >= 11 is 0. The van der Waals surface area contributed by atoms with Crippen LogP contribution in [0, 0.1) is 6.92 Å². The number of rotatable bonds is 3. The Hall–Kier alpha value is -6.00. The number of nitrogens with zero attached hydrogens (tertiary/aromatic N) is 2. The van der Waals surface area contributed by atoms with Gasteiger partial charge in [0.2, 0.25) is 0 Å². The molecule has 0 atom stereocenters. The van der Waals surface area contributed by atoms with E-state index in [4.69, 9.17) is 4.42 Å². The summed E-state index contributed by atoms with van der Waals surface area (Å²) in [5.41, 5.74) is 23.8. The zero-order valence-corrected chi connectivity index (χ0v) is 42.4. The zero-order chi connectivity index (χ0) is 47.3. The Bertz CT molecular complexity index is 3330. The van der Waals surface area contributed by atoms with E-state index in [0.29, 0.717) is 0 Å². The van der Waals surface area contributed by atoms with Gasteiger partial charge >= 0.3 is 0 Å². The van der Waals surface area contributed by atoms with Crippen LogP contribution in [-0.4, -0.2) is 6.71 Å². The quantitative estimate of drug-likeness (QED) is 0.165. The van der Waals surface area contributed by atoms with Crippen molar-refractivity contribution in [2.75, 3.05) is 9.80 Å². The summed E-state index contributed by atoms with van der Waals surface area (Å²) in [5, 5.41) is 2.34. The summed E-state index contributed by atoms with van der Waals surface area (Å²) in [6, 6.07) is 49.2. The van der Waals surface area contributed by atoms with Crippen LogP contribution in [0.2, 0.25) is 0 Å². The lowest BCUT2D eigenvalue weighted by atomic mass is 9.33. The smallest absolute Gasteiger partial charge is 0.252 e. The molecule has 0 N–H and O–H groups in total. The van der Waals surface area contributed by atoms with Crippen LogP contribution < -0.4 is 26.2 Å². The number of hydrogen-bond acceptors (Lipinski definition) is 3. The predicted molar refractivity (Wildman–Crippen MR) is 289 cm³/mol. The average Bonchev–Trinajstić information content (AvgIpc) is 3.65. The summed E-state index contributed by atoms with van der Waals surface area (Å²) in [6.07, 6.45) is 2.31. The maximum Gasteiger partial charge on any atom is 0.252 e. The van der Waals surface area contributed by atoms with Crippen molar-refractivity contribution in [1.82, 2.24) is 0 Å². The third kappa shape index (κ3) is 6.75. The third-order valence-electron chi connectivity index (χ3n) is 15.9. The van der Waals surface area contributed by atoms with Gasteiger partial charge in [-0.05, 0) is 151 Å². The van der Waals surface area contributed by atoms with Crippen molar-refractivity contribution in [3.05, 3.63) is 161 Å². The number of para-hydroxylation sites is 1. The minimum atomic E-state index is -0.152. The second-order valence-electron chi connectivity index (χ2n) is 24.6. The Morgan fingerprint density at radius 2 is 1.07 bits per heavy atom. The van der Waals surface area contributed by atoms with Crippen molar-refractivity contribution in [3.63, 3.8) is 0 Å². The van der Waals surface area contributed by atoms with Crippen LogP contribution in [-0.2, 0) is 27.1 Å². The van der Waals surface area contributed by atoms with Gasteiger partial charge in [-0.2, -0.15) is 0 Å². The fourth-order valence-corrected chi connectivity index (χ4v) is 11.7. The SMILES string of the molecule is Cc1cc(C(C)(C)C)ccc1N1c2cc3c(cc2B2c4ccc5oc6ccc(C(C)(C)C)cc6c5c4N(c4ccccc4-c4ccccc4)c4cc(C(C)(C)C)cc1c42)C(C)(C)CCC3(C)C. The first kappa shape index (κ1) is 43.6. The number of benzene rings is 7.